The maximum absolute atomic E-state index is 12.6. The highest BCUT2D eigenvalue weighted by molar-refractivity contribution is 5.41. The van der Waals surface area contributed by atoms with Gasteiger partial charge >= 0.3 is 0 Å². The van der Waals surface area contributed by atoms with Gasteiger partial charge in [-0.2, -0.15) is 0 Å². The number of fused-ring (bicyclic) bond motifs is 1. The van der Waals surface area contributed by atoms with Crippen molar-refractivity contribution < 1.29 is 0 Å². The van der Waals surface area contributed by atoms with Gasteiger partial charge in [-0.05, 0) is 50.5 Å². The molecule has 6 heteroatoms. The molecule has 0 bridgehead atoms. The summed E-state index contributed by atoms with van der Waals surface area (Å²) in [6, 6.07) is 6.30. The fraction of sp³-hybridized carbons (Fsp3) is 0.435. The molecule has 0 saturated heterocycles. The van der Waals surface area contributed by atoms with E-state index in [9.17, 15) is 4.79 Å². The Morgan fingerprint density at radius 2 is 2.07 bits per heavy atom. The summed E-state index contributed by atoms with van der Waals surface area (Å²) in [5.41, 5.74) is 6.66. The van der Waals surface area contributed by atoms with Crippen LogP contribution in [0.4, 0.5) is 0 Å². The summed E-state index contributed by atoms with van der Waals surface area (Å²) >= 11 is 0. The fourth-order valence-electron chi connectivity index (χ4n) is 4.29. The SMILES string of the molecule is CCCc1nc2c(c(=O)[nH]1)CN(Cc1cc(C)n(-c3ncccc3C)c1C)CC2. The number of rotatable bonds is 5. The molecule has 0 radical (unpaired) electrons. The lowest BCUT2D eigenvalue weighted by Gasteiger charge is -2.27. The van der Waals surface area contributed by atoms with E-state index in [1.165, 1.54) is 17.0 Å². The van der Waals surface area contributed by atoms with Crippen molar-refractivity contribution in [3.05, 3.63) is 74.3 Å². The molecule has 1 aliphatic heterocycles. The molecule has 4 rings (SSSR count). The third-order valence-electron chi connectivity index (χ3n) is 5.81. The lowest BCUT2D eigenvalue weighted by atomic mass is 10.1. The van der Waals surface area contributed by atoms with Gasteiger partial charge in [0.15, 0.2) is 0 Å². The molecule has 1 N–H and O–H groups in total. The third kappa shape index (κ3) is 3.77. The van der Waals surface area contributed by atoms with Gasteiger partial charge in [0.05, 0.1) is 11.3 Å². The van der Waals surface area contributed by atoms with Gasteiger partial charge in [0.2, 0.25) is 0 Å². The standard InChI is InChI=1S/C23H29N5O/c1-5-7-21-25-20-9-11-27(14-19(20)23(29)26-21)13-18-12-16(3)28(17(18)4)22-15(2)8-6-10-24-22/h6,8,10,12H,5,7,9,11,13-14H2,1-4H3,(H,25,26,29). The molecule has 0 atom stereocenters. The Labute approximate surface area is 171 Å². The Morgan fingerprint density at radius 1 is 1.24 bits per heavy atom. The molecule has 0 spiro atoms. The van der Waals surface area contributed by atoms with Crippen LogP contribution < -0.4 is 5.56 Å². The van der Waals surface area contributed by atoms with Gasteiger partial charge in [-0.15, -0.1) is 0 Å². The summed E-state index contributed by atoms with van der Waals surface area (Å²) in [5.74, 6) is 1.81. The van der Waals surface area contributed by atoms with E-state index in [0.717, 1.165) is 60.8 Å². The second-order valence-electron chi connectivity index (χ2n) is 8.02. The number of aromatic amines is 1. The number of aryl methyl sites for hydroxylation is 3. The zero-order valence-electron chi connectivity index (χ0n) is 17.7. The lowest BCUT2D eigenvalue weighted by molar-refractivity contribution is 0.241. The Morgan fingerprint density at radius 3 is 2.83 bits per heavy atom. The molecular weight excluding hydrogens is 362 g/mol. The summed E-state index contributed by atoms with van der Waals surface area (Å²) in [6.45, 7) is 10.9. The molecule has 0 saturated carbocycles. The monoisotopic (exact) mass is 391 g/mol. The summed E-state index contributed by atoms with van der Waals surface area (Å²) in [6.07, 6.45) is 4.48. The predicted molar refractivity (Wildman–Crippen MR) is 114 cm³/mol. The van der Waals surface area contributed by atoms with Crippen molar-refractivity contribution in [3.63, 3.8) is 0 Å². The molecule has 3 aromatic rings. The van der Waals surface area contributed by atoms with Gasteiger partial charge in [0.1, 0.15) is 11.6 Å². The normalized spacial score (nSPS) is 14.2. The first-order valence-electron chi connectivity index (χ1n) is 10.4. The van der Waals surface area contributed by atoms with Gasteiger partial charge in [0.25, 0.3) is 5.56 Å². The smallest absolute Gasteiger partial charge is 0.255 e. The number of hydrogen-bond donors (Lipinski definition) is 1. The van der Waals surface area contributed by atoms with Crippen LogP contribution in [-0.4, -0.2) is 31.0 Å². The zero-order valence-corrected chi connectivity index (χ0v) is 17.7. The van der Waals surface area contributed by atoms with E-state index in [4.69, 9.17) is 4.98 Å². The summed E-state index contributed by atoms with van der Waals surface area (Å²) in [4.78, 5) is 27.2. The van der Waals surface area contributed by atoms with E-state index in [0.29, 0.717) is 6.54 Å². The van der Waals surface area contributed by atoms with Crippen LogP contribution in [0.15, 0.2) is 29.2 Å². The van der Waals surface area contributed by atoms with Crippen molar-refractivity contribution in [2.24, 2.45) is 0 Å². The molecule has 0 amide bonds. The molecule has 0 fully saturated rings. The number of H-pyrrole nitrogens is 1. The molecule has 152 valence electrons. The first-order chi connectivity index (χ1) is 14.0. The molecule has 3 aromatic heterocycles. The zero-order chi connectivity index (χ0) is 20.5. The number of hydrogen-bond acceptors (Lipinski definition) is 4. The van der Waals surface area contributed by atoms with Crippen molar-refractivity contribution in [2.75, 3.05) is 6.54 Å². The first kappa shape index (κ1) is 19.6. The van der Waals surface area contributed by atoms with Gasteiger partial charge in [-0.1, -0.05) is 13.0 Å². The van der Waals surface area contributed by atoms with Crippen molar-refractivity contribution in [2.45, 2.75) is 60.0 Å². The summed E-state index contributed by atoms with van der Waals surface area (Å²) in [7, 11) is 0. The Bertz CT molecular complexity index is 1100. The van der Waals surface area contributed by atoms with E-state index in [1.807, 2.05) is 12.3 Å². The number of nitrogens with zero attached hydrogens (tertiary/aromatic N) is 4. The molecule has 29 heavy (non-hydrogen) atoms. The maximum atomic E-state index is 12.6. The quantitative estimate of drug-likeness (QED) is 0.724. The molecule has 0 unspecified atom stereocenters. The van der Waals surface area contributed by atoms with Gasteiger partial charge in [-0.25, -0.2) is 9.97 Å². The highest BCUT2D eigenvalue weighted by Crippen LogP contribution is 2.24. The molecule has 4 heterocycles. The van der Waals surface area contributed by atoms with E-state index < -0.39 is 0 Å². The molecular formula is C23H29N5O. The van der Waals surface area contributed by atoms with Crippen LogP contribution in [0.5, 0.6) is 0 Å². The maximum Gasteiger partial charge on any atom is 0.255 e. The molecule has 6 nitrogen and oxygen atoms in total. The van der Waals surface area contributed by atoms with Crippen LogP contribution in [0.25, 0.3) is 5.82 Å². The van der Waals surface area contributed by atoms with E-state index in [1.54, 1.807) is 0 Å². The average Bonchev–Trinajstić information content (AvgIpc) is 2.96. The minimum atomic E-state index is 0.0257. The van der Waals surface area contributed by atoms with E-state index >= 15 is 0 Å². The Hall–Kier alpha value is -2.73. The van der Waals surface area contributed by atoms with E-state index in [2.05, 4.69) is 59.3 Å². The van der Waals surface area contributed by atoms with Crippen LogP contribution in [0.2, 0.25) is 0 Å². The average molecular weight is 392 g/mol. The second kappa shape index (κ2) is 7.95. The predicted octanol–water partition coefficient (Wildman–Crippen LogP) is 3.39. The van der Waals surface area contributed by atoms with Crippen LogP contribution in [0, 0.1) is 20.8 Å². The third-order valence-corrected chi connectivity index (χ3v) is 5.81. The van der Waals surface area contributed by atoms with Gasteiger partial charge in [0, 0.05) is 50.1 Å². The summed E-state index contributed by atoms with van der Waals surface area (Å²) < 4.78 is 2.23. The number of pyridine rings is 1. The van der Waals surface area contributed by atoms with Crippen LogP contribution in [0.1, 0.15) is 52.9 Å². The Kier molecular flexibility index (Phi) is 5.37. The fourth-order valence-corrected chi connectivity index (χ4v) is 4.29. The molecule has 1 aliphatic rings. The molecule has 0 aliphatic carbocycles. The highest BCUT2D eigenvalue weighted by atomic mass is 16.1. The minimum absolute atomic E-state index is 0.0257. The van der Waals surface area contributed by atoms with Crippen LogP contribution >= 0.6 is 0 Å². The Balaban J connectivity index is 1.58. The van der Waals surface area contributed by atoms with Crippen LogP contribution in [0.3, 0.4) is 0 Å². The van der Waals surface area contributed by atoms with Crippen molar-refractivity contribution in [3.8, 4) is 5.82 Å². The minimum Gasteiger partial charge on any atom is -0.310 e. The number of aromatic nitrogens is 4. The highest BCUT2D eigenvalue weighted by Gasteiger charge is 2.23. The second-order valence-corrected chi connectivity index (χ2v) is 8.02. The molecule has 0 aromatic carbocycles. The topological polar surface area (TPSA) is 66.8 Å². The number of nitrogens with one attached hydrogen (secondary N) is 1. The van der Waals surface area contributed by atoms with Crippen molar-refractivity contribution in [1.82, 2.24) is 24.4 Å². The summed E-state index contributed by atoms with van der Waals surface area (Å²) in [5, 5.41) is 0. The van der Waals surface area contributed by atoms with Gasteiger partial charge < -0.3 is 9.55 Å². The first-order valence-corrected chi connectivity index (χ1v) is 10.4. The van der Waals surface area contributed by atoms with Crippen LogP contribution in [-0.2, 0) is 25.9 Å². The van der Waals surface area contributed by atoms with Crippen molar-refractivity contribution >= 4 is 0 Å². The lowest BCUT2D eigenvalue weighted by Crippen LogP contribution is -2.35. The van der Waals surface area contributed by atoms with Gasteiger partial charge in [-0.3, -0.25) is 9.69 Å². The van der Waals surface area contributed by atoms with E-state index in [-0.39, 0.29) is 5.56 Å². The van der Waals surface area contributed by atoms with Crippen molar-refractivity contribution in [1.29, 1.82) is 0 Å². The largest absolute Gasteiger partial charge is 0.310 e.